The summed E-state index contributed by atoms with van der Waals surface area (Å²) < 4.78 is 5.30. The molecule has 0 aliphatic heterocycles. The van der Waals surface area contributed by atoms with E-state index in [0.717, 1.165) is 35.2 Å². The molecule has 1 amide bonds. The van der Waals surface area contributed by atoms with E-state index in [1.165, 1.54) is 5.56 Å². The lowest BCUT2D eigenvalue weighted by Gasteiger charge is -2.14. The summed E-state index contributed by atoms with van der Waals surface area (Å²) >= 11 is 0. The van der Waals surface area contributed by atoms with Crippen LogP contribution in [0.5, 0.6) is 0 Å². The van der Waals surface area contributed by atoms with E-state index >= 15 is 0 Å². The SMILES string of the molecule is CCc1cccc(CC)c1NC(=O)CCc1nc(-c2ccc(C)cc2)no1. The first-order valence-corrected chi connectivity index (χ1v) is 9.41. The summed E-state index contributed by atoms with van der Waals surface area (Å²) in [5.41, 5.74) is 5.34. The van der Waals surface area contributed by atoms with Crippen molar-refractivity contribution in [2.45, 2.75) is 46.5 Å². The van der Waals surface area contributed by atoms with Crippen LogP contribution in [-0.2, 0) is 24.1 Å². The second-order valence-corrected chi connectivity index (χ2v) is 6.58. The number of carbonyl (C=O) groups is 1. The largest absolute Gasteiger partial charge is 0.339 e. The van der Waals surface area contributed by atoms with Gasteiger partial charge in [-0.2, -0.15) is 4.98 Å². The molecule has 0 saturated carbocycles. The van der Waals surface area contributed by atoms with Crippen molar-refractivity contribution in [3.63, 3.8) is 0 Å². The summed E-state index contributed by atoms with van der Waals surface area (Å²) in [6, 6.07) is 14.1. The highest BCUT2D eigenvalue weighted by atomic mass is 16.5. The van der Waals surface area contributed by atoms with Crippen molar-refractivity contribution < 1.29 is 9.32 Å². The molecule has 0 spiro atoms. The molecular weight excluding hydrogens is 338 g/mol. The Bertz CT molecular complexity index is 891. The first-order chi connectivity index (χ1) is 13.1. The van der Waals surface area contributed by atoms with Gasteiger partial charge in [-0.25, -0.2) is 0 Å². The molecule has 5 nitrogen and oxygen atoms in total. The molecule has 3 aromatic rings. The number of anilines is 1. The lowest BCUT2D eigenvalue weighted by Crippen LogP contribution is -2.15. The molecule has 0 bridgehead atoms. The van der Waals surface area contributed by atoms with Crippen molar-refractivity contribution in [2.24, 2.45) is 0 Å². The molecule has 0 atom stereocenters. The number of amides is 1. The Morgan fingerprint density at radius 2 is 1.70 bits per heavy atom. The minimum atomic E-state index is -0.0410. The van der Waals surface area contributed by atoms with E-state index in [0.29, 0.717) is 24.6 Å². The summed E-state index contributed by atoms with van der Waals surface area (Å²) in [5.74, 6) is 0.982. The molecule has 0 unspecified atom stereocenters. The lowest BCUT2D eigenvalue weighted by molar-refractivity contribution is -0.116. The number of nitrogens with zero attached hydrogens (tertiary/aromatic N) is 2. The molecule has 2 aromatic carbocycles. The number of hydrogen-bond donors (Lipinski definition) is 1. The van der Waals surface area contributed by atoms with Gasteiger partial charge in [0, 0.05) is 24.1 Å². The van der Waals surface area contributed by atoms with Crippen molar-refractivity contribution >= 4 is 11.6 Å². The zero-order chi connectivity index (χ0) is 19.2. The van der Waals surface area contributed by atoms with Gasteiger partial charge in [0.05, 0.1) is 0 Å². The standard InChI is InChI=1S/C22H25N3O2/c1-4-16-7-6-8-17(5-2)21(16)23-19(26)13-14-20-24-22(25-27-20)18-11-9-15(3)10-12-18/h6-12H,4-5,13-14H2,1-3H3,(H,23,26). The second-order valence-electron chi connectivity index (χ2n) is 6.58. The Morgan fingerprint density at radius 3 is 2.33 bits per heavy atom. The Hall–Kier alpha value is -2.95. The van der Waals surface area contributed by atoms with Crippen LogP contribution in [0.2, 0.25) is 0 Å². The van der Waals surface area contributed by atoms with Crippen molar-refractivity contribution in [1.82, 2.24) is 10.1 Å². The van der Waals surface area contributed by atoms with Gasteiger partial charge in [0.1, 0.15) is 0 Å². The zero-order valence-corrected chi connectivity index (χ0v) is 16.1. The van der Waals surface area contributed by atoms with Gasteiger partial charge in [-0.15, -0.1) is 0 Å². The topological polar surface area (TPSA) is 68.0 Å². The molecular formula is C22H25N3O2. The maximum Gasteiger partial charge on any atom is 0.227 e. The Labute approximate surface area is 159 Å². The van der Waals surface area contributed by atoms with Crippen molar-refractivity contribution in [1.29, 1.82) is 0 Å². The molecule has 1 aromatic heterocycles. The molecule has 27 heavy (non-hydrogen) atoms. The van der Waals surface area contributed by atoms with Crippen molar-refractivity contribution in [2.75, 3.05) is 5.32 Å². The monoisotopic (exact) mass is 363 g/mol. The van der Waals surface area contributed by atoms with E-state index in [-0.39, 0.29) is 5.91 Å². The molecule has 1 heterocycles. The number of aromatic nitrogens is 2. The number of rotatable bonds is 7. The highest BCUT2D eigenvalue weighted by Crippen LogP contribution is 2.23. The third-order valence-corrected chi connectivity index (χ3v) is 4.61. The normalized spacial score (nSPS) is 10.8. The van der Waals surface area contributed by atoms with Crippen LogP contribution in [-0.4, -0.2) is 16.0 Å². The summed E-state index contributed by atoms with van der Waals surface area (Å²) in [5, 5.41) is 7.08. The van der Waals surface area contributed by atoms with Crippen molar-refractivity contribution in [3.05, 3.63) is 65.0 Å². The molecule has 3 rings (SSSR count). The highest BCUT2D eigenvalue weighted by molar-refractivity contribution is 5.92. The summed E-state index contributed by atoms with van der Waals surface area (Å²) in [7, 11) is 0. The predicted molar refractivity (Wildman–Crippen MR) is 107 cm³/mol. The number of carbonyl (C=O) groups excluding carboxylic acids is 1. The average molecular weight is 363 g/mol. The molecule has 0 fully saturated rings. The second kappa shape index (κ2) is 8.62. The molecule has 0 saturated heterocycles. The molecule has 0 aliphatic rings. The van der Waals surface area contributed by atoms with Crippen LogP contribution >= 0.6 is 0 Å². The fourth-order valence-electron chi connectivity index (χ4n) is 3.00. The first kappa shape index (κ1) is 18.8. The van der Waals surface area contributed by atoms with Gasteiger partial charge in [-0.1, -0.05) is 67.0 Å². The van der Waals surface area contributed by atoms with Crippen LogP contribution in [0.4, 0.5) is 5.69 Å². The van der Waals surface area contributed by atoms with Crippen LogP contribution in [0.3, 0.4) is 0 Å². The maximum absolute atomic E-state index is 12.4. The van der Waals surface area contributed by atoms with Crippen molar-refractivity contribution in [3.8, 4) is 11.4 Å². The highest BCUT2D eigenvalue weighted by Gasteiger charge is 2.13. The zero-order valence-electron chi connectivity index (χ0n) is 16.1. The van der Waals surface area contributed by atoms with E-state index in [9.17, 15) is 4.79 Å². The van der Waals surface area contributed by atoms with Gasteiger partial charge in [-0.05, 0) is 30.9 Å². The van der Waals surface area contributed by atoms with Gasteiger partial charge in [0.2, 0.25) is 17.6 Å². The van der Waals surface area contributed by atoms with Crippen LogP contribution in [0.15, 0.2) is 47.0 Å². The first-order valence-electron chi connectivity index (χ1n) is 9.41. The van der Waals surface area contributed by atoms with Gasteiger partial charge < -0.3 is 9.84 Å². The van der Waals surface area contributed by atoms with Gasteiger partial charge in [-0.3, -0.25) is 4.79 Å². The van der Waals surface area contributed by atoms with Crippen LogP contribution < -0.4 is 5.32 Å². The van der Waals surface area contributed by atoms with Crippen LogP contribution in [0.25, 0.3) is 11.4 Å². The smallest absolute Gasteiger partial charge is 0.227 e. The van der Waals surface area contributed by atoms with E-state index in [1.807, 2.05) is 37.3 Å². The molecule has 140 valence electrons. The number of hydrogen-bond acceptors (Lipinski definition) is 4. The van der Waals surface area contributed by atoms with E-state index < -0.39 is 0 Å². The van der Waals surface area contributed by atoms with Gasteiger partial charge >= 0.3 is 0 Å². The fraction of sp³-hybridized carbons (Fsp3) is 0.318. The van der Waals surface area contributed by atoms with E-state index in [1.54, 1.807) is 0 Å². The third kappa shape index (κ3) is 4.61. The maximum atomic E-state index is 12.4. The Balaban J connectivity index is 1.63. The van der Waals surface area contributed by atoms with Gasteiger partial charge in [0.25, 0.3) is 0 Å². The minimum Gasteiger partial charge on any atom is -0.339 e. The predicted octanol–water partition coefficient (Wildman–Crippen LogP) is 4.74. The summed E-state index contributed by atoms with van der Waals surface area (Å²) in [4.78, 5) is 16.8. The van der Waals surface area contributed by atoms with E-state index in [2.05, 4.69) is 41.4 Å². The quantitative estimate of drug-likeness (QED) is 0.658. The average Bonchev–Trinajstić information content (AvgIpc) is 3.16. The van der Waals surface area contributed by atoms with Crippen LogP contribution in [0, 0.1) is 6.92 Å². The molecule has 0 radical (unpaired) electrons. The molecule has 1 N–H and O–H groups in total. The van der Waals surface area contributed by atoms with Crippen LogP contribution in [0.1, 0.15) is 42.8 Å². The number of aryl methyl sites for hydroxylation is 4. The Kier molecular flexibility index (Phi) is 6.01. The van der Waals surface area contributed by atoms with E-state index in [4.69, 9.17) is 4.52 Å². The summed E-state index contributed by atoms with van der Waals surface area (Å²) in [6.45, 7) is 6.22. The fourth-order valence-corrected chi connectivity index (χ4v) is 3.00. The molecule has 5 heteroatoms. The number of nitrogens with one attached hydrogen (secondary N) is 1. The number of benzene rings is 2. The summed E-state index contributed by atoms with van der Waals surface area (Å²) in [6.07, 6.45) is 2.48. The third-order valence-electron chi connectivity index (χ3n) is 4.61. The number of para-hydroxylation sites is 1. The lowest BCUT2D eigenvalue weighted by atomic mass is 10.0. The minimum absolute atomic E-state index is 0.0410. The van der Waals surface area contributed by atoms with Gasteiger partial charge in [0.15, 0.2) is 0 Å². The Morgan fingerprint density at radius 1 is 1.04 bits per heavy atom. The molecule has 0 aliphatic carbocycles.